The van der Waals surface area contributed by atoms with Gasteiger partial charge in [-0.3, -0.25) is 0 Å². The van der Waals surface area contributed by atoms with Gasteiger partial charge in [0, 0.05) is 17.4 Å². The van der Waals surface area contributed by atoms with Crippen LogP contribution in [-0.2, 0) is 19.1 Å². The second-order valence-electron chi connectivity index (χ2n) is 5.46. The molecule has 0 atom stereocenters. The van der Waals surface area contributed by atoms with Crippen molar-refractivity contribution in [3.63, 3.8) is 0 Å². The summed E-state index contributed by atoms with van der Waals surface area (Å²) in [5, 5.41) is 0. The average Bonchev–Trinajstić information content (AvgIpc) is 2.51. The van der Waals surface area contributed by atoms with E-state index in [0.717, 1.165) is 14.7 Å². The monoisotopic (exact) mass is 422 g/mol. The van der Waals surface area contributed by atoms with E-state index in [1.54, 1.807) is 13.8 Å². The van der Waals surface area contributed by atoms with E-state index in [4.69, 9.17) is 9.47 Å². The largest absolute Gasteiger partial charge is 0.419 e. The van der Waals surface area contributed by atoms with Gasteiger partial charge in [-0.25, -0.2) is 9.59 Å². The van der Waals surface area contributed by atoms with Crippen molar-refractivity contribution in [3.05, 3.63) is 58.2 Å². The molecule has 0 aliphatic carbocycles. The Balaban J connectivity index is 1.86. The number of esters is 2. The molecule has 1 fully saturated rings. The molecule has 0 aromatic heterocycles. The fraction of sp³-hybridized carbons (Fsp3) is 0.167. The number of benzene rings is 2. The Morgan fingerprint density at radius 1 is 0.783 bits per heavy atom. The quantitative estimate of drug-likeness (QED) is 0.549. The van der Waals surface area contributed by atoms with Crippen LogP contribution >= 0.6 is 20.7 Å². The minimum absolute atomic E-state index is 0.135. The molecule has 0 amide bonds. The van der Waals surface area contributed by atoms with Crippen LogP contribution in [0, 0.1) is 3.57 Å². The van der Waals surface area contributed by atoms with Crippen LogP contribution < -0.4 is 0 Å². The van der Waals surface area contributed by atoms with Gasteiger partial charge in [-0.2, -0.15) is 0 Å². The highest BCUT2D eigenvalue weighted by molar-refractivity contribution is 14.2. The first-order valence-corrected chi connectivity index (χ1v) is 9.24. The first kappa shape index (κ1) is 15.9. The molecule has 0 spiro atoms. The van der Waals surface area contributed by atoms with Gasteiger partial charge in [0.1, 0.15) is 0 Å². The molecule has 1 aliphatic heterocycles. The molecule has 3 rings (SSSR count). The molecular weight excluding hydrogens is 407 g/mol. The molecule has 23 heavy (non-hydrogen) atoms. The van der Waals surface area contributed by atoms with Gasteiger partial charge in [0.25, 0.3) is 5.79 Å². The third kappa shape index (κ3) is 3.67. The predicted molar refractivity (Wildman–Crippen MR) is 95.9 cm³/mol. The number of halogens is 1. The van der Waals surface area contributed by atoms with E-state index >= 15 is 0 Å². The van der Waals surface area contributed by atoms with E-state index in [1.807, 2.05) is 54.6 Å². The summed E-state index contributed by atoms with van der Waals surface area (Å²) in [6, 6.07) is 17.9. The van der Waals surface area contributed by atoms with Gasteiger partial charge in [0.2, 0.25) is 0 Å². The zero-order chi connectivity index (χ0) is 16.4. The van der Waals surface area contributed by atoms with Crippen molar-refractivity contribution in [1.29, 1.82) is 0 Å². The molecule has 118 valence electrons. The third-order valence-corrected chi connectivity index (χ3v) is 5.95. The van der Waals surface area contributed by atoms with Crippen LogP contribution in [0.2, 0.25) is 0 Å². The average molecular weight is 422 g/mol. The summed E-state index contributed by atoms with van der Waals surface area (Å²) in [6.07, 6.45) is 0. The number of hydrogen-bond donors (Lipinski definition) is 0. The molecular formula is C18H15IO4. The lowest BCUT2D eigenvalue weighted by molar-refractivity contribution is -0.214. The Bertz CT molecular complexity index is 754. The first-order valence-electron chi connectivity index (χ1n) is 7.08. The van der Waals surface area contributed by atoms with Gasteiger partial charge in [0.15, 0.2) is 3.51 Å². The fourth-order valence-corrected chi connectivity index (χ4v) is 4.17. The van der Waals surface area contributed by atoms with Crippen molar-refractivity contribution in [2.45, 2.75) is 19.6 Å². The molecule has 2 aromatic carbocycles. The van der Waals surface area contributed by atoms with Crippen LogP contribution in [0.5, 0.6) is 0 Å². The van der Waals surface area contributed by atoms with Crippen molar-refractivity contribution in [2.75, 3.05) is 0 Å². The summed E-state index contributed by atoms with van der Waals surface area (Å²) in [5.74, 6) is -2.31. The van der Waals surface area contributed by atoms with Crippen molar-refractivity contribution in [1.82, 2.24) is 0 Å². The van der Waals surface area contributed by atoms with Gasteiger partial charge < -0.3 is 9.47 Å². The lowest BCUT2D eigenvalue weighted by atomic mass is 10.1. The van der Waals surface area contributed by atoms with Crippen molar-refractivity contribution in [3.8, 4) is 11.1 Å². The molecule has 0 radical (unpaired) electrons. The van der Waals surface area contributed by atoms with E-state index < -0.39 is 38.5 Å². The Kier molecular flexibility index (Phi) is 4.30. The minimum Gasteiger partial charge on any atom is -0.419 e. The van der Waals surface area contributed by atoms with Gasteiger partial charge in [-0.05, 0) is 23.3 Å². The van der Waals surface area contributed by atoms with E-state index in [-0.39, 0.29) is 3.51 Å². The smallest absolute Gasteiger partial charge is 0.354 e. The Hall–Kier alpha value is -2.02. The van der Waals surface area contributed by atoms with Gasteiger partial charge in [0.05, 0.1) is 0 Å². The second-order valence-corrected chi connectivity index (χ2v) is 8.32. The highest BCUT2D eigenvalue weighted by atomic mass is 127. The summed E-state index contributed by atoms with van der Waals surface area (Å²) >= 11 is -0.932. The molecule has 1 heterocycles. The van der Waals surface area contributed by atoms with Crippen LogP contribution in [0.3, 0.4) is 0 Å². The number of cyclic esters (lactones) is 2. The van der Waals surface area contributed by atoms with Gasteiger partial charge in [-0.15, -0.1) is 0 Å². The lowest BCUT2D eigenvalue weighted by Crippen LogP contribution is -2.46. The second kappa shape index (κ2) is 6.23. The van der Waals surface area contributed by atoms with E-state index in [0.29, 0.717) is 0 Å². The van der Waals surface area contributed by atoms with E-state index in [9.17, 15) is 9.59 Å². The maximum absolute atomic E-state index is 12.0. The van der Waals surface area contributed by atoms with E-state index in [2.05, 4.69) is 0 Å². The molecule has 0 N–H and O–H groups in total. The number of carbonyl (C=O) groups is 2. The van der Waals surface area contributed by atoms with E-state index in [1.165, 1.54) is 0 Å². The SMILES string of the molecule is CC1(C)OC(=O)C(=Ic2ccc(-c3ccccc3)cc2)C(=O)O1. The van der Waals surface area contributed by atoms with Crippen LogP contribution in [0.1, 0.15) is 13.8 Å². The minimum atomic E-state index is -1.18. The number of carbonyl (C=O) groups excluding carboxylic acids is 2. The lowest BCUT2D eigenvalue weighted by Gasteiger charge is -2.29. The summed E-state index contributed by atoms with van der Waals surface area (Å²) in [7, 11) is 0. The molecule has 1 aliphatic rings. The Morgan fingerprint density at radius 2 is 1.30 bits per heavy atom. The van der Waals surface area contributed by atoms with Gasteiger partial charge in [-0.1, -0.05) is 63.2 Å². The van der Waals surface area contributed by atoms with Crippen molar-refractivity contribution < 1.29 is 19.1 Å². The summed E-state index contributed by atoms with van der Waals surface area (Å²) in [4.78, 5) is 24.0. The zero-order valence-electron chi connectivity index (χ0n) is 12.7. The summed E-state index contributed by atoms with van der Waals surface area (Å²) in [6.45, 7) is 3.10. The maximum atomic E-state index is 12.0. The third-order valence-electron chi connectivity index (χ3n) is 3.19. The molecule has 4 nitrogen and oxygen atoms in total. The van der Waals surface area contributed by atoms with Crippen LogP contribution in [-0.4, -0.2) is 21.2 Å². The Labute approximate surface area is 144 Å². The summed E-state index contributed by atoms with van der Waals surface area (Å²) in [5.41, 5.74) is 2.22. The van der Waals surface area contributed by atoms with Gasteiger partial charge >= 0.3 is 11.9 Å². The Morgan fingerprint density at radius 3 is 1.87 bits per heavy atom. The molecule has 2 aromatic rings. The number of rotatable bonds is 2. The van der Waals surface area contributed by atoms with Crippen LogP contribution in [0.15, 0.2) is 54.6 Å². The molecule has 0 unspecified atom stereocenters. The first-order chi connectivity index (χ1) is 10.9. The predicted octanol–water partition coefficient (Wildman–Crippen LogP) is 3.50. The maximum Gasteiger partial charge on any atom is 0.354 e. The molecule has 0 saturated carbocycles. The van der Waals surface area contributed by atoms with Crippen molar-refractivity contribution in [2.24, 2.45) is 0 Å². The van der Waals surface area contributed by atoms with Crippen LogP contribution in [0.25, 0.3) is 11.1 Å². The molecule has 5 heteroatoms. The van der Waals surface area contributed by atoms with Crippen molar-refractivity contribution >= 4 is 36.2 Å². The molecule has 1 saturated heterocycles. The topological polar surface area (TPSA) is 52.6 Å². The van der Waals surface area contributed by atoms with Crippen LogP contribution in [0.4, 0.5) is 0 Å². The highest BCUT2D eigenvalue weighted by Gasteiger charge is 2.39. The highest BCUT2D eigenvalue weighted by Crippen LogP contribution is 2.25. The summed E-state index contributed by atoms with van der Waals surface area (Å²) < 4.78 is 11.4. The molecule has 0 bridgehead atoms. The number of hydrogen-bond acceptors (Lipinski definition) is 4. The zero-order valence-corrected chi connectivity index (χ0v) is 14.9. The fourth-order valence-electron chi connectivity index (χ4n) is 2.16. The normalized spacial score (nSPS) is 16.7. The standard InChI is InChI=1S/C18H15IO4/c1-18(2)22-16(20)15(17(21)23-18)19-14-10-8-13(9-11-14)12-6-4-3-5-7-12/h3-11H,1-2H3. The number of ether oxygens (including phenoxy) is 2.